The summed E-state index contributed by atoms with van der Waals surface area (Å²) in [4.78, 5) is 2.65. The third-order valence-corrected chi connectivity index (χ3v) is 5.78. The molecular formula is C23H27NO3. The predicted molar refractivity (Wildman–Crippen MR) is 107 cm³/mol. The third-order valence-electron chi connectivity index (χ3n) is 5.78. The van der Waals surface area contributed by atoms with Crippen LogP contribution in [-0.4, -0.2) is 38.3 Å². The van der Waals surface area contributed by atoms with Gasteiger partial charge >= 0.3 is 0 Å². The number of nitrogens with zero attached hydrogens (tertiary/aromatic N) is 1. The Kier molecular flexibility index (Phi) is 5.08. The lowest BCUT2D eigenvalue weighted by atomic mass is 9.93. The zero-order valence-corrected chi connectivity index (χ0v) is 16.3. The molecule has 27 heavy (non-hydrogen) atoms. The van der Waals surface area contributed by atoms with Crippen LogP contribution in [0, 0.1) is 0 Å². The van der Waals surface area contributed by atoms with E-state index in [0.717, 1.165) is 13.0 Å². The molecule has 4 heteroatoms. The molecule has 4 nitrogen and oxygen atoms in total. The van der Waals surface area contributed by atoms with Gasteiger partial charge in [0.2, 0.25) is 5.75 Å². The Labute approximate surface area is 161 Å². The number of rotatable bonds is 6. The molecule has 0 spiro atoms. The van der Waals surface area contributed by atoms with Gasteiger partial charge in [0.05, 0.1) is 21.3 Å². The number of methoxy groups -OCH3 is 3. The molecule has 0 amide bonds. The van der Waals surface area contributed by atoms with Crippen LogP contribution >= 0.6 is 0 Å². The van der Waals surface area contributed by atoms with Gasteiger partial charge in [-0.2, -0.15) is 0 Å². The standard InChI is InChI=1S/C23H27NO3/c1-25-21-13-18(14-22(26-2)23(21)27-3)17-11-19-9-10-20(12-17)24(19)15-16-7-5-4-6-8-16/h4-8,11,13-14,19-20H,9-10,12,15H2,1-3H3. The van der Waals surface area contributed by atoms with Crippen molar-refractivity contribution in [2.45, 2.75) is 37.9 Å². The highest BCUT2D eigenvalue weighted by molar-refractivity contribution is 5.72. The van der Waals surface area contributed by atoms with E-state index in [9.17, 15) is 0 Å². The predicted octanol–water partition coefficient (Wildman–Crippen LogP) is 4.53. The molecule has 142 valence electrons. The quantitative estimate of drug-likeness (QED) is 0.752. The average Bonchev–Trinajstić information content (AvgIpc) is 2.94. The summed E-state index contributed by atoms with van der Waals surface area (Å²) in [6.45, 7) is 1.02. The van der Waals surface area contributed by atoms with Crippen LogP contribution in [0.25, 0.3) is 5.57 Å². The Bertz CT molecular complexity index is 806. The van der Waals surface area contributed by atoms with Crippen molar-refractivity contribution in [1.82, 2.24) is 4.90 Å². The summed E-state index contributed by atoms with van der Waals surface area (Å²) in [6.07, 6.45) is 5.97. The maximum Gasteiger partial charge on any atom is 0.203 e. The molecule has 0 aliphatic carbocycles. The highest BCUT2D eigenvalue weighted by atomic mass is 16.5. The number of benzene rings is 2. The minimum Gasteiger partial charge on any atom is -0.493 e. The molecule has 2 aliphatic rings. The molecule has 0 N–H and O–H groups in total. The summed E-state index contributed by atoms with van der Waals surface area (Å²) >= 11 is 0. The smallest absolute Gasteiger partial charge is 0.203 e. The van der Waals surface area contributed by atoms with Crippen LogP contribution in [0.1, 0.15) is 30.4 Å². The summed E-state index contributed by atoms with van der Waals surface area (Å²) in [5.41, 5.74) is 3.94. The van der Waals surface area contributed by atoms with E-state index in [0.29, 0.717) is 29.3 Å². The van der Waals surface area contributed by atoms with Crippen LogP contribution in [0.5, 0.6) is 17.2 Å². The van der Waals surface area contributed by atoms with Crippen molar-refractivity contribution in [2.75, 3.05) is 21.3 Å². The molecule has 2 heterocycles. The maximum absolute atomic E-state index is 5.54. The number of ether oxygens (including phenoxy) is 3. The molecule has 2 unspecified atom stereocenters. The van der Waals surface area contributed by atoms with Crippen LogP contribution in [0.4, 0.5) is 0 Å². The van der Waals surface area contributed by atoms with Gasteiger partial charge in [0.25, 0.3) is 0 Å². The molecular weight excluding hydrogens is 338 g/mol. The summed E-state index contributed by atoms with van der Waals surface area (Å²) in [7, 11) is 4.98. The van der Waals surface area contributed by atoms with Crippen molar-refractivity contribution in [3.05, 3.63) is 59.7 Å². The first-order valence-electron chi connectivity index (χ1n) is 9.54. The van der Waals surface area contributed by atoms with E-state index in [-0.39, 0.29) is 0 Å². The lowest BCUT2D eigenvalue weighted by molar-refractivity contribution is 0.203. The van der Waals surface area contributed by atoms with Crippen molar-refractivity contribution in [1.29, 1.82) is 0 Å². The Balaban J connectivity index is 1.62. The molecule has 0 radical (unpaired) electrons. The first-order chi connectivity index (χ1) is 13.2. The van der Waals surface area contributed by atoms with Gasteiger partial charge in [-0.05, 0) is 48.1 Å². The number of hydrogen-bond acceptors (Lipinski definition) is 4. The van der Waals surface area contributed by atoms with E-state index in [1.807, 2.05) is 0 Å². The van der Waals surface area contributed by atoms with E-state index in [2.05, 4.69) is 53.4 Å². The van der Waals surface area contributed by atoms with Gasteiger partial charge in [-0.15, -0.1) is 0 Å². The summed E-state index contributed by atoms with van der Waals surface area (Å²) < 4.78 is 16.5. The first kappa shape index (κ1) is 17.9. The van der Waals surface area contributed by atoms with E-state index in [4.69, 9.17) is 14.2 Å². The van der Waals surface area contributed by atoms with Gasteiger partial charge in [0.15, 0.2) is 11.5 Å². The van der Waals surface area contributed by atoms with Crippen molar-refractivity contribution in [2.24, 2.45) is 0 Å². The highest BCUT2D eigenvalue weighted by Gasteiger charge is 2.36. The van der Waals surface area contributed by atoms with E-state index >= 15 is 0 Å². The lowest BCUT2D eigenvalue weighted by Gasteiger charge is -2.34. The second-order valence-electron chi connectivity index (χ2n) is 7.27. The van der Waals surface area contributed by atoms with Crippen molar-refractivity contribution < 1.29 is 14.2 Å². The Morgan fingerprint density at radius 1 is 0.926 bits per heavy atom. The van der Waals surface area contributed by atoms with Gasteiger partial charge < -0.3 is 14.2 Å². The SMILES string of the molecule is COc1cc(C2=CC3CCC(C2)N3Cc2ccccc2)cc(OC)c1OC. The van der Waals surface area contributed by atoms with E-state index < -0.39 is 0 Å². The zero-order valence-electron chi connectivity index (χ0n) is 16.3. The van der Waals surface area contributed by atoms with E-state index in [1.54, 1.807) is 21.3 Å². The molecule has 2 aromatic carbocycles. The van der Waals surface area contributed by atoms with Crippen LogP contribution in [0.3, 0.4) is 0 Å². The zero-order chi connectivity index (χ0) is 18.8. The van der Waals surface area contributed by atoms with Gasteiger partial charge in [-0.3, -0.25) is 4.90 Å². The molecule has 4 rings (SSSR count). The van der Waals surface area contributed by atoms with Crippen LogP contribution in [0.15, 0.2) is 48.5 Å². The third kappa shape index (κ3) is 3.42. The molecule has 2 aliphatic heterocycles. The topological polar surface area (TPSA) is 30.9 Å². The molecule has 0 saturated carbocycles. The molecule has 2 aromatic rings. The Morgan fingerprint density at radius 3 is 2.22 bits per heavy atom. The lowest BCUT2D eigenvalue weighted by Crippen LogP contribution is -2.37. The second kappa shape index (κ2) is 7.65. The minimum absolute atomic E-state index is 0.498. The van der Waals surface area contributed by atoms with Gasteiger partial charge in [0.1, 0.15) is 0 Å². The number of fused-ring (bicyclic) bond motifs is 2. The maximum atomic E-state index is 5.54. The fraction of sp³-hybridized carbons (Fsp3) is 0.391. The van der Waals surface area contributed by atoms with Crippen LogP contribution in [0.2, 0.25) is 0 Å². The van der Waals surface area contributed by atoms with Crippen LogP contribution in [-0.2, 0) is 6.54 Å². The first-order valence-corrected chi connectivity index (χ1v) is 9.54. The van der Waals surface area contributed by atoms with Crippen LogP contribution < -0.4 is 14.2 Å². The molecule has 2 bridgehead atoms. The average molecular weight is 365 g/mol. The van der Waals surface area contributed by atoms with Gasteiger partial charge in [0, 0.05) is 18.6 Å². The fourth-order valence-electron chi connectivity index (χ4n) is 4.44. The highest BCUT2D eigenvalue weighted by Crippen LogP contribution is 2.44. The Hall–Kier alpha value is -2.46. The fourth-order valence-corrected chi connectivity index (χ4v) is 4.44. The largest absolute Gasteiger partial charge is 0.493 e. The summed E-state index contributed by atoms with van der Waals surface area (Å²) in [5.74, 6) is 2.08. The van der Waals surface area contributed by atoms with Gasteiger partial charge in [-0.25, -0.2) is 0 Å². The normalized spacial score (nSPS) is 21.7. The minimum atomic E-state index is 0.498. The summed E-state index contributed by atoms with van der Waals surface area (Å²) in [6, 6.07) is 16.0. The van der Waals surface area contributed by atoms with Crippen molar-refractivity contribution >= 4 is 5.57 Å². The van der Waals surface area contributed by atoms with E-state index in [1.165, 1.54) is 29.5 Å². The van der Waals surface area contributed by atoms with Crippen molar-refractivity contribution in [3.8, 4) is 17.2 Å². The molecule has 0 aromatic heterocycles. The molecule has 2 atom stereocenters. The molecule has 1 fully saturated rings. The van der Waals surface area contributed by atoms with Crippen molar-refractivity contribution in [3.63, 3.8) is 0 Å². The summed E-state index contributed by atoms with van der Waals surface area (Å²) in [5, 5.41) is 0. The number of hydrogen-bond donors (Lipinski definition) is 0. The Morgan fingerprint density at radius 2 is 1.63 bits per heavy atom. The monoisotopic (exact) mass is 365 g/mol. The molecule has 1 saturated heterocycles. The second-order valence-corrected chi connectivity index (χ2v) is 7.27. The van der Waals surface area contributed by atoms with Gasteiger partial charge in [-0.1, -0.05) is 36.4 Å².